The predicted octanol–water partition coefficient (Wildman–Crippen LogP) is 1.98. The molecular weight excluding hydrogens is 378 g/mol. The van der Waals surface area contributed by atoms with Crippen molar-refractivity contribution in [3.05, 3.63) is 70.9 Å². The zero-order chi connectivity index (χ0) is 22.1. The summed E-state index contributed by atoms with van der Waals surface area (Å²) in [4.78, 5) is 44.2. The summed E-state index contributed by atoms with van der Waals surface area (Å²) in [6, 6.07) is 9.05. The fourth-order valence-corrected chi connectivity index (χ4v) is 3.31. The number of hydrogen-bond donors (Lipinski definition) is 1. The lowest BCUT2D eigenvalue weighted by molar-refractivity contribution is -0.127. The summed E-state index contributed by atoms with van der Waals surface area (Å²) >= 11 is 0. The molecule has 1 aromatic heterocycles. The Bertz CT molecular complexity index is 1010. The van der Waals surface area contributed by atoms with Crippen LogP contribution in [0.3, 0.4) is 0 Å². The summed E-state index contributed by atoms with van der Waals surface area (Å²) in [5, 5.41) is 1.43. The molecule has 0 bridgehead atoms. The summed E-state index contributed by atoms with van der Waals surface area (Å²) in [6.45, 7) is 11.0. The van der Waals surface area contributed by atoms with E-state index in [2.05, 4.69) is 11.6 Å². The molecule has 1 saturated heterocycles. The van der Waals surface area contributed by atoms with E-state index >= 15 is 0 Å². The third-order valence-corrected chi connectivity index (χ3v) is 4.84. The van der Waals surface area contributed by atoms with Gasteiger partial charge in [-0.05, 0) is 19.1 Å². The van der Waals surface area contributed by atoms with Gasteiger partial charge in [-0.3, -0.25) is 14.4 Å². The number of hydrogen-bond acceptors (Lipinski definition) is 3. The van der Waals surface area contributed by atoms with E-state index in [1.807, 2.05) is 45.0 Å². The first-order chi connectivity index (χ1) is 14.6. The Hall–Kier alpha value is -3.41. The number of Topliss-reactive ketones (excluding diaryl/α,β-unsaturated/α-hetero) is 1. The predicted molar refractivity (Wildman–Crippen MR) is 119 cm³/mol. The van der Waals surface area contributed by atoms with Crippen molar-refractivity contribution in [1.82, 2.24) is 14.8 Å². The highest BCUT2D eigenvalue weighted by Crippen LogP contribution is 2.10. The summed E-state index contributed by atoms with van der Waals surface area (Å²) in [5.74, 6) is -1.16. The average Bonchev–Trinajstić information content (AvgIpc) is 3.22. The number of ketones is 1. The lowest BCUT2D eigenvalue weighted by Crippen LogP contribution is -2.52. The smallest absolute Gasteiger partial charge is 0.295 e. The lowest BCUT2D eigenvalue weighted by Gasteiger charge is -2.34. The fraction of sp³-hybridized carbons (Fsp3) is 0.292. The van der Waals surface area contributed by atoms with E-state index in [9.17, 15) is 14.4 Å². The van der Waals surface area contributed by atoms with Crippen molar-refractivity contribution in [3.8, 4) is 0 Å². The summed E-state index contributed by atoms with van der Waals surface area (Å²) < 4.78 is 0. The first-order valence-corrected chi connectivity index (χ1v) is 10.2. The Morgan fingerprint density at radius 3 is 2.17 bits per heavy atom. The van der Waals surface area contributed by atoms with Crippen molar-refractivity contribution in [1.29, 1.82) is 0 Å². The number of amides is 2. The first kappa shape index (κ1) is 22.9. The van der Waals surface area contributed by atoms with Gasteiger partial charge < -0.3 is 14.8 Å². The third kappa shape index (κ3) is 4.95. The van der Waals surface area contributed by atoms with Gasteiger partial charge in [0.15, 0.2) is 0 Å². The van der Waals surface area contributed by atoms with Crippen LogP contribution in [-0.2, 0) is 4.79 Å². The normalized spacial score (nSPS) is 14.8. The zero-order valence-electron chi connectivity index (χ0n) is 17.9. The van der Waals surface area contributed by atoms with Gasteiger partial charge in [0.2, 0.25) is 0 Å². The number of piperazine rings is 1. The van der Waals surface area contributed by atoms with Crippen LogP contribution in [-0.4, -0.2) is 58.6 Å². The van der Waals surface area contributed by atoms with Gasteiger partial charge in [-0.25, -0.2) is 0 Å². The molecule has 6 nitrogen and oxygen atoms in total. The fourth-order valence-electron chi connectivity index (χ4n) is 3.31. The Morgan fingerprint density at radius 1 is 1.00 bits per heavy atom. The maximum Gasteiger partial charge on any atom is 0.295 e. The van der Waals surface area contributed by atoms with Gasteiger partial charge in [0, 0.05) is 48.5 Å². The number of aromatic nitrogens is 1. The number of nitrogens with one attached hydrogen (secondary N) is 1. The largest absolute Gasteiger partial charge is 0.361 e. The van der Waals surface area contributed by atoms with Crippen LogP contribution in [0.5, 0.6) is 0 Å². The molecule has 0 saturated carbocycles. The summed E-state index contributed by atoms with van der Waals surface area (Å²) in [7, 11) is 0. The molecule has 158 valence electrons. The van der Waals surface area contributed by atoms with Gasteiger partial charge in [0.05, 0.1) is 5.56 Å². The van der Waals surface area contributed by atoms with E-state index in [4.69, 9.17) is 0 Å². The van der Waals surface area contributed by atoms with E-state index in [1.54, 1.807) is 35.4 Å². The second-order valence-corrected chi connectivity index (χ2v) is 6.50. The SMILES string of the molecule is C=C/C=c1/c(C(=O)C(=O)N2CCN(C(=O)c3ccccc3)CC2)c[nH]/c1=C/C.CC. The molecule has 0 unspecified atom stereocenters. The van der Waals surface area contributed by atoms with E-state index in [0.717, 1.165) is 5.35 Å². The highest BCUT2D eigenvalue weighted by atomic mass is 16.2. The highest BCUT2D eigenvalue weighted by Gasteiger charge is 2.29. The molecule has 0 atom stereocenters. The number of H-pyrrole nitrogens is 1. The second-order valence-electron chi connectivity index (χ2n) is 6.50. The molecule has 0 aliphatic carbocycles. The molecule has 1 aromatic carbocycles. The van der Waals surface area contributed by atoms with Crippen molar-refractivity contribution in [2.24, 2.45) is 0 Å². The van der Waals surface area contributed by atoms with Gasteiger partial charge in [-0.2, -0.15) is 0 Å². The molecule has 1 aliphatic rings. The van der Waals surface area contributed by atoms with Crippen molar-refractivity contribution in [2.45, 2.75) is 20.8 Å². The molecular formula is C24H29N3O3. The highest BCUT2D eigenvalue weighted by molar-refractivity contribution is 6.42. The number of rotatable bonds is 4. The van der Waals surface area contributed by atoms with E-state index in [1.165, 1.54) is 4.90 Å². The Labute approximate surface area is 177 Å². The van der Waals surface area contributed by atoms with Crippen LogP contribution in [0.4, 0.5) is 0 Å². The summed E-state index contributed by atoms with van der Waals surface area (Å²) in [5.41, 5.74) is 0.958. The Morgan fingerprint density at radius 2 is 1.60 bits per heavy atom. The minimum absolute atomic E-state index is 0.0596. The molecule has 30 heavy (non-hydrogen) atoms. The van der Waals surface area contributed by atoms with Crippen LogP contribution >= 0.6 is 0 Å². The average molecular weight is 408 g/mol. The van der Waals surface area contributed by atoms with Gasteiger partial charge in [0.1, 0.15) is 0 Å². The van der Waals surface area contributed by atoms with E-state index in [0.29, 0.717) is 42.5 Å². The third-order valence-electron chi connectivity index (χ3n) is 4.84. The van der Waals surface area contributed by atoms with Gasteiger partial charge >= 0.3 is 0 Å². The van der Waals surface area contributed by atoms with Gasteiger partial charge in [-0.15, -0.1) is 0 Å². The van der Waals surface area contributed by atoms with Crippen molar-refractivity contribution in [3.63, 3.8) is 0 Å². The monoisotopic (exact) mass is 407 g/mol. The quantitative estimate of drug-likeness (QED) is 0.622. The molecule has 0 radical (unpaired) electrons. The number of aromatic amines is 1. The van der Waals surface area contributed by atoms with E-state index < -0.39 is 11.7 Å². The molecule has 1 N–H and O–H groups in total. The van der Waals surface area contributed by atoms with Crippen LogP contribution < -0.4 is 10.6 Å². The Kier molecular flexibility index (Phi) is 8.35. The molecule has 0 spiro atoms. The lowest BCUT2D eigenvalue weighted by atomic mass is 10.1. The number of carbonyl (C=O) groups is 3. The van der Waals surface area contributed by atoms with E-state index in [-0.39, 0.29) is 5.91 Å². The second kappa shape index (κ2) is 11.0. The van der Waals surface area contributed by atoms with Crippen LogP contribution in [0, 0.1) is 0 Å². The first-order valence-electron chi connectivity index (χ1n) is 10.2. The van der Waals surface area contributed by atoms with Crippen LogP contribution in [0.1, 0.15) is 41.5 Å². The van der Waals surface area contributed by atoms with Crippen molar-refractivity contribution in [2.75, 3.05) is 26.2 Å². The maximum atomic E-state index is 12.7. The minimum atomic E-state index is -0.555. The zero-order valence-corrected chi connectivity index (χ0v) is 17.9. The number of nitrogens with zero attached hydrogens (tertiary/aromatic N) is 2. The minimum Gasteiger partial charge on any atom is -0.361 e. The maximum absolute atomic E-state index is 12.7. The van der Waals surface area contributed by atoms with Crippen LogP contribution in [0.25, 0.3) is 12.2 Å². The Balaban J connectivity index is 0.00000155. The standard InChI is InChI=1S/C22H23N3O3.C2H6/c1-3-8-17-18(15-23-19(17)4-2)20(26)22(28)25-13-11-24(12-14-25)21(27)16-9-6-5-7-10-16;1-2/h3-10,15,23H,1,11-14H2,2H3;1-2H3/b17-8-,19-4+;. The molecule has 3 rings (SSSR count). The topological polar surface area (TPSA) is 73.5 Å². The van der Waals surface area contributed by atoms with Crippen molar-refractivity contribution >= 4 is 29.7 Å². The van der Waals surface area contributed by atoms with Crippen molar-refractivity contribution < 1.29 is 14.4 Å². The molecule has 2 amide bonds. The number of allylic oxidation sites excluding steroid dienone is 1. The molecule has 6 heteroatoms. The molecule has 1 fully saturated rings. The molecule has 2 aromatic rings. The van der Waals surface area contributed by atoms with Crippen LogP contribution in [0.15, 0.2) is 49.2 Å². The number of carbonyl (C=O) groups excluding carboxylic acids is 3. The van der Waals surface area contributed by atoms with Gasteiger partial charge in [0.25, 0.3) is 17.6 Å². The number of benzene rings is 1. The van der Waals surface area contributed by atoms with Crippen LogP contribution in [0.2, 0.25) is 0 Å². The van der Waals surface area contributed by atoms with Gasteiger partial charge in [-0.1, -0.05) is 56.9 Å². The molecule has 2 heterocycles. The molecule has 1 aliphatic heterocycles. The summed E-state index contributed by atoms with van der Waals surface area (Å²) in [6.07, 6.45) is 6.69.